The van der Waals surface area contributed by atoms with Crippen LogP contribution in [0.3, 0.4) is 0 Å². The Bertz CT molecular complexity index is 146. The summed E-state index contributed by atoms with van der Waals surface area (Å²) in [6, 6.07) is 0.144. The third kappa shape index (κ3) is 0.645. The van der Waals surface area contributed by atoms with Crippen LogP contribution in [0.2, 0.25) is 0 Å². The van der Waals surface area contributed by atoms with Crippen LogP contribution in [0.1, 0.15) is 6.42 Å². The molecule has 2 aliphatic rings. The summed E-state index contributed by atoms with van der Waals surface area (Å²) in [7, 11) is 0. The maximum absolute atomic E-state index is 10.9. The zero-order valence-electron chi connectivity index (χ0n) is 5.18. The second-order valence-corrected chi connectivity index (χ2v) is 2.73. The summed E-state index contributed by atoms with van der Waals surface area (Å²) in [5, 5.41) is 5.98. The third-order valence-electron chi connectivity index (χ3n) is 2.17. The van der Waals surface area contributed by atoms with E-state index in [9.17, 15) is 4.79 Å². The quantitative estimate of drug-likeness (QED) is 0.441. The Morgan fingerprint density at radius 2 is 2.44 bits per heavy atom. The largest absolute Gasteiger partial charge is 0.354 e. The molecule has 2 rings (SSSR count). The van der Waals surface area contributed by atoms with Crippen molar-refractivity contribution in [3.05, 3.63) is 0 Å². The standard InChI is InChI=1S/C6H10N2O/c9-6-5-4(3-8-6)1-2-7-5/h4-5,7H,1-3H2,(H,8,9). The van der Waals surface area contributed by atoms with E-state index in [-0.39, 0.29) is 11.9 Å². The molecule has 0 saturated carbocycles. The molecule has 1 amide bonds. The summed E-state index contributed by atoms with van der Waals surface area (Å²) >= 11 is 0. The smallest absolute Gasteiger partial charge is 0.237 e. The highest BCUT2D eigenvalue weighted by atomic mass is 16.2. The van der Waals surface area contributed by atoms with Crippen LogP contribution in [0.5, 0.6) is 0 Å². The summed E-state index contributed by atoms with van der Waals surface area (Å²) in [4.78, 5) is 10.9. The molecule has 0 radical (unpaired) electrons. The highest BCUT2D eigenvalue weighted by molar-refractivity contribution is 5.84. The van der Waals surface area contributed by atoms with Gasteiger partial charge in [-0.15, -0.1) is 0 Å². The summed E-state index contributed by atoms with van der Waals surface area (Å²) in [6.45, 7) is 1.90. The molecule has 2 N–H and O–H groups in total. The molecule has 2 saturated heterocycles. The van der Waals surface area contributed by atoms with Crippen LogP contribution in [0.25, 0.3) is 0 Å². The fourth-order valence-electron chi connectivity index (χ4n) is 1.63. The number of carbonyl (C=O) groups excluding carboxylic acids is 1. The minimum Gasteiger partial charge on any atom is -0.354 e. The van der Waals surface area contributed by atoms with Crippen LogP contribution < -0.4 is 10.6 Å². The zero-order chi connectivity index (χ0) is 6.27. The van der Waals surface area contributed by atoms with Crippen LogP contribution in [-0.4, -0.2) is 25.0 Å². The van der Waals surface area contributed by atoms with Gasteiger partial charge in [-0.3, -0.25) is 4.79 Å². The molecule has 3 heteroatoms. The lowest BCUT2D eigenvalue weighted by Crippen LogP contribution is -2.33. The second kappa shape index (κ2) is 1.70. The van der Waals surface area contributed by atoms with Gasteiger partial charge in [0, 0.05) is 12.5 Å². The molecule has 0 aliphatic carbocycles. The Morgan fingerprint density at radius 1 is 1.56 bits per heavy atom. The van der Waals surface area contributed by atoms with Crippen molar-refractivity contribution in [1.29, 1.82) is 0 Å². The van der Waals surface area contributed by atoms with E-state index in [1.54, 1.807) is 0 Å². The van der Waals surface area contributed by atoms with Crippen molar-refractivity contribution in [3.8, 4) is 0 Å². The molecular weight excluding hydrogens is 116 g/mol. The monoisotopic (exact) mass is 126 g/mol. The van der Waals surface area contributed by atoms with Crippen molar-refractivity contribution < 1.29 is 4.79 Å². The average Bonchev–Trinajstić information content (AvgIpc) is 2.35. The predicted octanol–water partition coefficient (Wildman–Crippen LogP) is -0.906. The molecule has 0 aromatic heterocycles. The van der Waals surface area contributed by atoms with E-state index in [0.717, 1.165) is 19.5 Å². The molecule has 2 aliphatic heterocycles. The van der Waals surface area contributed by atoms with Crippen molar-refractivity contribution in [2.45, 2.75) is 12.5 Å². The summed E-state index contributed by atoms with van der Waals surface area (Å²) in [5.74, 6) is 0.773. The molecule has 0 spiro atoms. The van der Waals surface area contributed by atoms with E-state index in [2.05, 4.69) is 10.6 Å². The number of fused-ring (bicyclic) bond motifs is 1. The normalized spacial score (nSPS) is 40.7. The number of rotatable bonds is 0. The fraction of sp³-hybridized carbons (Fsp3) is 0.833. The highest BCUT2D eigenvalue weighted by Gasteiger charge is 2.37. The van der Waals surface area contributed by atoms with Crippen molar-refractivity contribution in [1.82, 2.24) is 10.6 Å². The van der Waals surface area contributed by atoms with Gasteiger partial charge in [0.2, 0.25) is 5.91 Å². The van der Waals surface area contributed by atoms with Gasteiger partial charge in [-0.05, 0) is 13.0 Å². The lowest BCUT2D eigenvalue weighted by atomic mass is 10.1. The van der Waals surface area contributed by atoms with Gasteiger partial charge >= 0.3 is 0 Å². The van der Waals surface area contributed by atoms with E-state index in [4.69, 9.17) is 0 Å². The Balaban J connectivity index is 2.15. The topological polar surface area (TPSA) is 41.1 Å². The zero-order valence-corrected chi connectivity index (χ0v) is 5.18. The van der Waals surface area contributed by atoms with Gasteiger partial charge < -0.3 is 10.6 Å². The summed E-state index contributed by atoms with van der Waals surface area (Å²) in [5.41, 5.74) is 0. The molecule has 3 nitrogen and oxygen atoms in total. The van der Waals surface area contributed by atoms with Gasteiger partial charge in [-0.1, -0.05) is 0 Å². The van der Waals surface area contributed by atoms with Crippen molar-refractivity contribution in [3.63, 3.8) is 0 Å². The first kappa shape index (κ1) is 5.23. The van der Waals surface area contributed by atoms with Gasteiger partial charge in [-0.2, -0.15) is 0 Å². The Kier molecular flexibility index (Phi) is 0.990. The lowest BCUT2D eigenvalue weighted by molar-refractivity contribution is -0.120. The number of hydrogen-bond acceptors (Lipinski definition) is 2. The molecular formula is C6H10N2O. The van der Waals surface area contributed by atoms with E-state index in [1.807, 2.05) is 0 Å². The highest BCUT2D eigenvalue weighted by Crippen LogP contribution is 2.18. The van der Waals surface area contributed by atoms with Gasteiger partial charge in [0.05, 0.1) is 6.04 Å². The minimum atomic E-state index is 0.144. The van der Waals surface area contributed by atoms with Crippen LogP contribution in [-0.2, 0) is 4.79 Å². The third-order valence-corrected chi connectivity index (χ3v) is 2.17. The van der Waals surface area contributed by atoms with Gasteiger partial charge in [0.25, 0.3) is 0 Å². The van der Waals surface area contributed by atoms with E-state index < -0.39 is 0 Å². The van der Waals surface area contributed by atoms with Crippen LogP contribution >= 0.6 is 0 Å². The summed E-state index contributed by atoms with van der Waals surface area (Å²) in [6.07, 6.45) is 1.16. The first-order valence-electron chi connectivity index (χ1n) is 3.39. The van der Waals surface area contributed by atoms with E-state index in [0.29, 0.717) is 5.92 Å². The molecule has 2 heterocycles. The number of carbonyl (C=O) groups is 1. The van der Waals surface area contributed by atoms with Gasteiger partial charge in [-0.25, -0.2) is 0 Å². The Labute approximate surface area is 53.8 Å². The maximum atomic E-state index is 10.9. The number of hydrogen-bond donors (Lipinski definition) is 2. The van der Waals surface area contributed by atoms with Crippen molar-refractivity contribution in [2.75, 3.05) is 13.1 Å². The van der Waals surface area contributed by atoms with Crippen LogP contribution in [0.15, 0.2) is 0 Å². The Morgan fingerprint density at radius 3 is 3.22 bits per heavy atom. The second-order valence-electron chi connectivity index (χ2n) is 2.73. The average molecular weight is 126 g/mol. The molecule has 50 valence electrons. The van der Waals surface area contributed by atoms with Gasteiger partial charge in [0.1, 0.15) is 0 Å². The molecule has 0 aromatic carbocycles. The predicted molar refractivity (Wildman–Crippen MR) is 32.9 cm³/mol. The van der Waals surface area contributed by atoms with Crippen molar-refractivity contribution in [2.24, 2.45) is 5.92 Å². The first-order chi connectivity index (χ1) is 4.38. The van der Waals surface area contributed by atoms with E-state index >= 15 is 0 Å². The minimum absolute atomic E-state index is 0.144. The molecule has 0 bridgehead atoms. The number of nitrogens with one attached hydrogen (secondary N) is 2. The maximum Gasteiger partial charge on any atom is 0.237 e. The van der Waals surface area contributed by atoms with Crippen LogP contribution in [0, 0.1) is 5.92 Å². The molecule has 0 aromatic rings. The lowest BCUT2D eigenvalue weighted by Gasteiger charge is -2.01. The fourth-order valence-corrected chi connectivity index (χ4v) is 1.63. The first-order valence-corrected chi connectivity index (χ1v) is 3.39. The molecule has 2 fully saturated rings. The summed E-state index contributed by atoms with van der Waals surface area (Å²) < 4.78 is 0. The molecule has 2 atom stereocenters. The van der Waals surface area contributed by atoms with Gasteiger partial charge in [0.15, 0.2) is 0 Å². The van der Waals surface area contributed by atoms with Crippen molar-refractivity contribution >= 4 is 5.91 Å². The SMILES string of the molecule is O=C1NCC2CCNC12. The number of amides is 1. The molecule has 2 unspecified atom stereocenters. The molecule has 9 heavy (non-hydrogen) atoms. The Hall–Kier alpha value is -0.570. The van der Waals surface area contributed by atoms with Crippen LogP contribution in [0.4, 0.5) is 0 Å². The van der Waals surface area contributed by atoms with E-state index in [1.165, 1.54) is 0 Å².